The van der Waals surface area contributed by atoms with Crippen molar-refractivity contribution in [2.24, 2.45) is 0 Å². The van der Waals surface area contributed by atoms with Crippen LogP contribution in [-0.2, 0) is 21.1 Å². The summed E-state index contributed by atoms with van der Waals surface area (Å²) in [5.41, 5.74) is 15.9. The van der Waals surface area contributed by atoms with E-state index < -0.39 is 22.8 Å². The van der Waals surface area contributed by atoms with E-state index in [1.54, 1.807) is 0 Å². The predicted molar refractivity (Wildman–Crippen MR) is 285 cm³/mol. The van der Waals surface area contributed by atoms with E-state index in [4.69, 9.17) is 27.9 Å². The molecule has 10 aromatic rings. The predicted octanol–water partition coefficient (Wildman–Crippen LogP) is 15.4. The van der Waals surface area contributed by atoms with Crippen LogP contribution < -0.4 is 20.7 Å². The van der Waals surface area contributed by atoms with Crippen LogP contribution in [0, 0.1) is 0 Å². The Kier molecular flexibility index (Phi) is 14.5. The first-order valence-corrected chi connectivity index (χ1v) is 30.7. The van der Waals surface area contributed by atoms with Crippen molar-refractivity contribution in [1.82, 2.24) is 0 Å². The van der Waals surface area contributed by atoms with Gasteiger partial charge in [0.1, 0.15) is 8.07 Å². The van der Waals surface area contributed by atoms with Crippen LogP contribution in [0.2, 0.25) is 0 Å². The van der Waals surface area contributed by atoms with Crippen molar-refractivity contribution < 1.29 is 14.7 Å². The maximum atomic E-state index is 4.97. The molecule has 0 N–H and O–H groups in total. The van der Waals surface area contributed by atoms with Gasteiger partial charge in [-0.1, -0.05) is 247 Å². The van der Waals surface area contributed by atoms with Crippen LogP contribution in [0.15, 0.2) is 255 Å². The average molecular weight is 962 g/mol. The van der Waals surface area contributed by atoms with Crippen molar-refractivity contribution in [3.05, 3.63) is 260 Å². The quantitative estimate of drug-likeness (QED) is 0.0688. The summed E-state index contributed by atoms with van der Waals surface area (Å²) in [7, 11) is 11.6. The van der Waals surface area contributed by atoms with Gasteiger partial charge in [-0.15, -0.1) is 5.19 Å². The Morgan fingerprint density at radius 3 is 0.758 bits per heavy atom. The van der Waals surface area contributed by atoms with Crippen molar-refractivity contribution in [3.8, 4) is 66.8 Å². The van der Waals surface area contributed by atoms with Gasteiger partial charge in [0.25, 0.3) is 0 Å². The second-order valence-corrected chi connectivity index (χ2v) is 28.0. The molecule has 0 bridgehead atoms. The fourth-order valence-corrected chi connectivity index (χ4v) is 14.2. The van der Waals surface area contributed by atoms with Gasteiger partial charge in [0.05, 0.1) is 0 Å². The van der Waals surface area contributed by atoms with E-state index in [-0.39, 0.29) is 0 Å². The molecule has 66 heavy (non-hydrogen) atoms. The van der Waals surface area contributed by atoms with Gasteiger partial charge < -0.3 is 0 Å². The number of hydrogen-bond donors (Lipinski definition) is 0. The van der Waals surface area contributed by atoms with E-state index in [0.717, 1.165) is 6.42 Å². The number of hydrogen-bond acceptors (Lipinski definition) is 0. The van der Waals surface area contributed by atoms with Gasteiger partial charge in [-0.3, -0.25) is 0 Å². The van der Waals surface area contributed by atoms with Gasteiger partial charge in [0, 0.05) is 0 Å². The van der Waals surface area contributed by atoms with E-state index in [1.165, 1.54) is 93.1 Å². The molecular formula is C61H47Cl3SiTi. The van der Waals surface area contributed by atoms with Crippen molar-refractivity contribution in [3.63, 3.8) is 0 Å². The van der Waals surface area contributed by atoms with Gasteiger partial charge >= 0.3 is 42.6 Å². The second kappa shape index (κ2) is 21.2. The summed E-state index contributed by atoms with van der Waals surface area (Å²) in [6.07, 6.45) is 0.961. The first kappa shape index (κ1) is 45.3. The summed E-state index contributed by atoms with van der Waals surface area (Å²) in [4.78, 5) is 0. The van der Waals surface area contributed by atoms with E-state index >= 15 is 0 Å². The van der Waals surface area contributed by atoms with Crippen molar-refractivity contribution >= 4 is 56.7 Å². The molecule has 0 radical (unpaired) electrons. The molecule has 0 aromatic heterocycles. The first-order valence-electron chi connectivity index (χ1n) is 22.3. The number of halogens is 3. The Bertz CT molecular complexity index is 2660. The van der Waals surface area contributed by atoms with E-state index in [2.05, 4.69) is 262 Å². The molecule has 10 rings (SSSR count). The van der Waals surface area contributed by atoms with Crippen LogP contribution in [0.5, 0.6) is 0 Å². The van der Waals surface area contributed by atoms with Crippen LogP contribution in [0.25, 0.3) is 66.8 Å². The Balaban J connectivity index is 0.00000132. The number of aryl methyl sites for hydroxylation is 1. The molecule has 0 atom stereocenters. The number of benzene rings is 9. The molecular weight excluding hydrogens is 915 g/mol. The molecule has 0 aliphatic rings. The third kappa shape index (κ3) is 10.1. The number of rotatable bonds is 11. The molecule has 0 heterocycles. The molecule has 0 saturated heterocycles. The Labute approximate surface area is 408 Å². The Morgan fingerprint density at radius 2 is 0.561 bits per heavy atom. The van der Waals surface area contributed by atoms with Crippen molar-refractivity contribution in [2.45, 2.75) is 13.3 Å². The summed E-state index contributed by atoms with van der Waals surface area (Å²) < 4.78 is 0. The molecule has 0 spiro atoms. The summed E-state index contributed by atoms with van der Waals surface area (Å²) in [5.74, 6) is 0. The summed E-state index contributed by atoms with van der Waals surface area (Å²) in [6.45, 7) is 2.28. The normalized spacial score (nSPS) is 11.1. The van der Waals surface area contributed by atoms with Gasteiger partial charge in [0.2, 0.25) is 0 Å². The standard InChI is InChI=1S/C61H47Si.3ClH.Ti/c1-2-45-33-34-58(35-45)62(59-39-52(46-21-9-3-10-22-46)36-53(40-59)47-23-11-4-12-24-47,60-41-54(48-25-13-5-14-26-48)37-55(42-60)49-27-15-6-16-28-49)61-43-56(50-29-17-7-18-30-50)38-57(44-61)51-31-19-8-20-32-51;;;;/h3-44H,2H2,1H3;3*1H;/q-1;;;;+4/p-3. The van der Waals surface area contributed by atoms with Crippen LogP contribution >= 0.6 is 27.9 Å². The SMILES string of the molecule is CCc1cc[c-]([Si](c2cc(-c3ccccc3)cc(-c3ccccc3)c2)(c2cc(-c3ccccc3)cc(-c3ccccc3)c2)c2cc(-c3ccccc3)cc(-c3ccccc3)c2)c1.[Cl][Ti+]([Cl])[Cl]. The van der Waals surface area contributed by atoms with Crippen molar-refractivity contribution in [2.75, 3.05) is 0 Å². The minimum atomic E-state index is -3.28. The molecule has 0 amide bonds. The van der Waals surface area contributed by atoms with Gasteiger partial charge in [0.15, 0.2) is 0 Å². The molecule has 0 unspecified atom stereocenters. The fourth-order valence-electron chi connectivity index (χ4n) is 9.26. The molecule has 0 fully saturated rings. The molecule has 10 aromatic carbocycles. The molecule has 0 aliphatic heterocycles. The average Bonchev–Trinajstić information content (AvgIpc) is 3.87. The van der Waals surface area contributed by atoms with Crippen molar-refractivity contribution in [1.29, 1.82) is 0 Å². The fraction of sp³-hybridized carbons (Fsp3) is 0.0328. The zero-order valence-electron chi connectivity index (χ0n) is 36.6. The topological polar surface area (TPSA) is 0 Å². The third-order valence-electron chi connectivity index (χ3n) is 12.4. The van der Waals surface area contributed by atoms with Crippen LogP contribution in [0.1, 0.15) is 12.5 Å². The summed E-state index contributed by atoms with van der Waals surface area (Å²) in [5, 5.41) is 5.42. The van der Waals surface area contributed by atoms with Gasteiger partial charge in [-0.05, 0) is 85.0 Å². The zero-order valence-corrected chi connectivity index (χ0v) is 41.4. The van der Waals surface area contributed by atoms with Crippen LogP contribution in [-0.4, -0.2) is 8.07 Å². The molecule has 320 valence electrons. The second-order valence-electron chi connectivity index (χ2n) is 16.4. The van der Waals surface area contributed by atoms with Gasteiger partial charge in [-0.2, -0.15) is 17.7 Å². The monoisotopic (exact) mass is 960 g/mol. The van der Waals surface area contributed by atoms with Crippen LogP contribution in [0.4, 0.5) is 0 Å². The summed E-state index contributed by atoms with van der Waals surface area (Å²) >= 11 is -1.92. The molecule has 0 nitrogen and oxygen atoms in total. The first-order chi connectivity index (χ1) is 32.4. The molecule has 0 aliphatic carbocycles. The molecule has 5 heteroatoms. The molecule has 0 saturated carbocycles. The third-order valence-corrected chi connectivity index (χ3v) is 17.0. The minimum absolute atomic E-state index is 0.961. The van der Waals surface area contributed by atoms with E-state index in [9.17, 15) is 0 Å². The maximum absolute atomic E-state index is 4.97. The summed E-state index contributed by atoms with van der Waals surface area (Å²) in [6, 6.07) is 95.3. The van der Waals surface area contributed by atoms with Crippen LogP contribution in [0.3, 0.4) is 0 Å². The zero-order chi connectivity index (χ0) is 45.3. The van der Waals surface area contributed by atoms with E-state index in [1.807, 2.05) is 0 Å². The Morgan fingerprint density at radius 1 is 0.333 bits per heavy atom. The van der Waals surface area contributed by atoms with E-state index in [0.29, 0.717) is 0 Å². The van der Waals surface area contributed by atoms with Gasteiger partial charge in [-0.25, -0.2) is 6.07 Å². The Hall–Kier alpha value is -5.87.